The maximum atomic E-state index is 11.6. The van der Waals surface area contributed by atoms with Crippen molar-refractivity contribution in [3.8, 4) is 5.75 Å². The Kier molecular flexibility index (Phi) is 3.54. The molecule has 0 radical (unpaired) electrons. The fourth-order valence-corrected chi connectivity index (χ4v) is 1.87. The van der Waals surface area contributed by atoms with Crippen molar-refractivity contribution in [2.24, 2.45) is 0 Å². The van der Waals surface area contributed by atoms with E-state index in [1.54, 1.807) is 19.4 Å². The molecule has 0 aliphatic heterocycles. The second-order valence-corrected chi connectivity index (χ2v) is 4.18. The lowest BCUT2D eigenvalue weighted by Gasteiger charge is -2.05. The fraction of sp³-hybridized carbons (Fsp3) is 0.154. The summed E-state index contributed by atoms with van der Waals surface area (Å²) in [6.45, 7) is 0. The Balaban J connectivity index is 2.28. The summed E-state index contributed by atoms with van der Waals surface area (Å²) >= 11 is 4.29. The van der Waals surface area contributed by atoms with Crippen LogP contribution in [0.4, 0.5) is 0 Å². The maximum Gasteiger partial charge on any atom is 0.252 e. The quantitative estimate of drug-likeness (QED) is 0.817. The van der Waals surface area contributed by atoms with Gasteiger partial charge < -0.3 is 9.72 Å². The first-order chi connectivity index (χ1) is 8.20. The lowest BCUT2D eigenvalue weighted by molar-refractivity contribution is 0.414. The van der Waals surface area contributed by atoms with Crippen molar-refractivity contribution in [1.82, 2.24) is 4.98 Å². The van der Waals surface area contributed by atoms with E-state index in [0.29, 0.717) is 16.9 Å². The van der Waals surface area contributed by atoms with Crippen LogP contribution in [0.5, 0.6) is 5.75 Å². The third-order valence-corrected chi connectivity index (χ3v) is 3.00. The van der Waals surface area contributed by atoms with Gasteiger partial charge in [0.05, 0.1) is 7.11 Å². The molecule has 1 aromatic carbocycles. The van der Waals surface area contributed by atoms with Crippen molar-refractivity contribution in [3.05, 3.63) is 58.0 Å². The molecule has 0 amide bonds. The molecule has 1 aromatic heterocycles. The zero-order valence-electron chi connectivity index (χ0n) is 9.43. The number of methoxy groups -OCH3 is 1. The van der Waals surface area contributed by atoms with E-state index in [-0.39, 0.29) is 5.56 Å². The number of aromatic nitrogens is 1. The summed E-state index contributed by atoms with van der Waals surface area (Å²) < 4.78 is 5.08. The first-order valence-corrected chi connectivity index (χ1v) is 5.68. The summed E-state index contributed by atoms with van der Waals surface area (Å²) in [7, 11) is 1.63. The highest BCUT2D eigenvalue weighted by molar-refractivity contribution is 7.80. The van der Waals surface area contributed by atoms with Crippen LogP contribution in [0.3, 0.4) is 0 Å². The van der Waals surface area contributed by atoms with Gasteiger partial charge in [0.25, 0.3) is 5.56 Å². The molecule has 88 valence electrons. The van der Waals surface area contributed by atoms with Gasteiger partial charge in [0.15, 0.2) is 0 Å². The van der Waals surface area contributed by atoms with Crippen LogP contribution in [0.1, 0.15) is 11.1 Å². The number of aromatic amines is 1. The van der Waals surface area contributed by atoms with Gasteiger partial charge in [-0.1, -0.05) is 12.1 Å². The first kappa shape index (κ1) is 11.8. The second kappa shape index (κ2) is 5.10. The molecule has 0 aliphatic carbocycles. The average Bonchev–Trinajstić information content (AvgIpc) is 2.35. The smallest absolute Gasteiger partial charge is 0.252 e. The molecule has 0 aliphatic rings. The van der Waals surface area contributed by atoms with Gasteiger partial charge in [0, 0.05) is 23.1 Å². The predicted molar refractivity (Wildman–Crippen MR) is 70.1 cm³/mol. The Morgan fingerprint density at radius 1 is 1.24 bits per heavy atom. The Hall–Kier alpha value is -1.68. The molecule has 4 heteroatoms. The highest BCUT2D eigenvalue weighted by Crippen LogP contribution is 2.16. The van der Waals surface area contributed by atoms with Gasteiger partial charge in [-0.05, 0) is 23.8 Å². The third kappa shape index (κ3) is 2.71. The molecule has 17 heavy (non-hydrogen) atoms. The van der Waals surface area contributed by atoms with E-state index in [1.807, 2.05) is 24.3 Å². The van der Waals surface area contributed by atoms with E-state index in [9.17, 15) is 4.79 Å². The molecule has 3 nitrogen and oxygen atoms in total. The van der Waals surface area contributed by atoms with E-state index in [4.69, 9.17) is 4.74 Å². The number of benzene rings is 1. The van der Waals surface area contributed by atoms with Gasteiger partial charge in [-0.25, -0.2) is 0 Å². The van der Waals surface area contributed by atoms with E-state index >= 15 is 0 Å². The van der Waals surface area contributed by atoms with Gasteiger partial charge in [-0.3, -0.25) is 4.79 Å². The molecule has 2 rings (SSSR count). The number of H-pyrrole nitrogens is 1. The predicted octanol–water partition coefficient (Wildman–Crippen LogP) is 2.26. The van der Waals surface area contributed by atoms with Crippen LogP contribution in [0.25, 0.3) is 0 Å². The highest BCUT2D eigenvalue weighted by Gasteiger charge is 2.05. The number of rotatable bonds is 3. The van der Waals surface area contributed by atoms with Crippen LogP contribution in [-0.4, -0.2) is 12.1 Å². The van der Waals surface area contributed by atoms with Gasteiger partial charge in [-0.2, -0.15) is 0 Å². The van der Waals surface area contributed by atoms with Gasteiger partial charge in [0.2, 0.25) is 0 Å². The number of thiol groups is 1. The van der Waals surface area contributed by atoms with E-state index < -0.39 is 0 Å². The summed E-state index contributed by atoms with van der Waals surface area (Å²) in [5.74, 6) is 0.807. The molecule has 0 saturated heterocycles. The summed E-state index contributed by atoms with van der Waals surface area (Å²) in [5, 5.41) is 0. The molecule has 0 bridgehead atoms. The van der Waals surface area contributed by atoms with E-state index in [0.717, 1.165) is 11.3 Å². The number of hydrogen-bond donors (Lipinski definition) is 2. The van der Waals surface area contributed by atoms with Crippen LogP contribution in [0.15, 0.2) is 46.2 Å². The van der Waals surface area contributed by atoms with Gasteiger partial charge >= 0.3 is 0 Å². The molecule has 0 atom stereocenters. The zero-order valence-corrected chi connectivity index (χ0v) is 10.3. The molecular formula is C13H13NO2S. The number of nitrogens with one attached hydrogen (secondary N) is 1. The lowest BCUT2D eigenvalue weighted by Crippen LogP contribution is -2.12. The Morgan fingerprint density at radius 2 is 1.94 bits per heavy atom. The average molecular weight is 247 g/mol. The van der Waals surface area contributed by atoms with Crippen LogP contribution < -0.4 is 10.3 Å². The molecular weight excluding hydrogens is 234 g/mol. The van der Waals surface area contributed by atoms with Gasteiger partial charge in [0.1, 0.15) is 5.75 Å². The number of hydrogen-bond acceptors (Lipinski definition) is 3. The van der Waals surface area contributed by atoms with Crippen molar-refractivity contribution in [2.45, 2.75) is 11.3 Å². The Morgan fingerprint density at radius 3 is 2.53 bits per heavy atom. The highest BCUT2D eigenvalue weighted by atomic mass is 32.1. The zero-order chi connectivity index (χ0) is 12.3. The van der Waals surface area contributed by atoms with Gasteiger partial charge in [-0.15, -0.1) is 12.6 Å². The monoisotopic (exact) mass is 247 g/mol. The number of pyridine rings is 1. The largest absolute Gasteiger partial charge is 0.497 e. The molecule has 1 heterocycles. The topological polar surface area (TPSA) is 42.1 Å². The number of ether oxygens (including phenoxy) is 1. The third-order valence-electron chi connectivity index (χ3n) is 2.58. The lowest BCUT2D eigenvalue weighted by atomic mass is 10.1. The SMILES string of the molecule is COc1ccc(Cc2c(S)cc[nH]c2=O)cc1. The minimum absolute atomic E-state index is 0.0895. The first-order valence-electron chi connectivity index (χ1n) is 5.23. The Labute approximate surface area is 105 Å². The minimum Gasteiger partial charge on any atom is -0.497 e. The molecule has 1 N–H and O–H groups in total. The summed E-state index contributed by atoms with van der Waals surface area (Å²) in [4.78, 5) is 15.0. The maximum absolute atomic E-state index is 11.6. The van der Waals surface area contributed by atoms with Crippen molar-refractivity contribution in [1.29, 1.82) is 0 Å². The van der Waals surface area contributed by atoms with Crippen LogP contribution >= 0.6 is 12.6 Å². The van der Waals surface area contributed by atoms with Crippen LogP contribution in [-0.2, 0) is 6.42 Å². The molecule has 0 saturated carbocycles. The molecule has 0 unspecified atom stereocenters. The molecule has 0 spiro atoms. The van der Waals surface area contributed by atoms with E-state index in [1.165, 1.54) is 0 Å². The minimum atomic E-state index is -0.0895. The summed E-state index contributed by atoms with van der Waals surface area (Å²) in [6.07, 6.45) is 2.17. The summed E-state index contributed by atoms with van der Waals surface area (Å²) in [5.41, 5.74) is 1.65. The van der Waals surface area contributed by atoms with Crippen molar-refractivity contribution >= 4 is 12.6 Å². The van der Waals surface area contributed by atoms with Crippen molar-refractivity contribution in [2.75, 3.05) is 7.11 Å². The standard InChI is InChI=1S/C13H13NO2S/c1-16-10-4-2-9(3-5-10)8-11-12(17)6-7-14-13(11)15/h2-7H,8H2,1H3,(H2,14,15,17). The second-order valence-electron chi connectivity index (χ2n) is 3.70. The summed E-state index contributed by atoms with van der Waals surface area (Å²) in [6, 6.07) is 9.43. The molecule has 2 aromatic rings. The molecule has 0 fully saturated rings. The van der Waals surface area contributed by atoms with Crippen LogP contribution in [0, 0.1) is 0 Å². The van der Waals surface area contributed by atoms with Crippen molar-refractivity contribution < 1.29 is 4.74 Å². The van der Waals surface area contributed by atoms with Crippen LogP contribution in [0.2, 0.25) is 0 Å². The Bertz CT molecular complexity index is 560. The van der Waals surface area contributed by atoms with E-state index in [2.05, 4.69) is 17.6 Å². The van der Waals surface area contributed by atoms with Crippen molar-refractivity contribution in [3.63, 3.8) is 0 Å². The normalized spacial score (nSPS) is 10.2. The fourth-order valence-electron chi connectivity index (χ4n) is 1.62.